The lowest BCUT2D eigenvalue weighted by Crippen LogP contribution is -2.09. The van der Waals surface area contributed by atoms with Crippen molar-refractivity contribution in [3.63, 3.8) is 0 Å². The molecule has 1 N–H and O–H groups in total. The van der Waals surface area contributed by atoms with Crippen molar-refractivity contribution in [2.75, 3.05) is 6.61 Å². The van der Waals surface area contributed by atoms with Crippen molar-refractivity contribution < 1.29 is 5.11 Å². The summed E-state index contributed by atoms with van der Waals surface area (Å²) >= 11 is 12.4. The van der Waals surface area contributed by atoms with E-state index in [1.54, 1.807) is 0 Å². The highest BCUT2D eigenvalue weighted by atomic mass is 35.5. The Morgan fingerprint density at radius 1 is 1.33 bits per heavy atom. The Bertz CT molecular complexity index is 678. The zero-order chi connectivity index (χ0) is 15.2. The summed E-state index contributed by atoms with van der Waals surface area (Å²) in [5.41, 5.74) is 4.66. The Labute approximate surface area is 134 Å². The first-order chi connectivity index (χ1) is 9.92. The molecule has 1 aliphatic rings. The van der Waals surface area contributed by atoms with E-state index in [-0.39, 0.29) is 12.5 Å². The minimum absolute atomic E-state index is 0.180. The predicted molar refractivity (Wildman–Crippen MR) is 87.2 cm³/mol. The molecule has 1 aromatic heterocycles. The van der Waals surface area contributed by atoms with Crippen molar-refractivity contribution in [3.05, 3.63) is 29.1 Å². The van der Waals surface area contributed by atoms with Gasteiger partial charge in [0.1, 0.15) is 10.2 Å². The van der Waals surface area contributed by atoms with Gasteiger partial charge in [0.15, 0.2) is 0 Å². The van der Waals surface area contributed by atoms with E-state index in [9.17, 15) is 0 Å². The second-order valence-electron chi connectivity index (χ2n) is 6.05. The van der Waals surface area contributed by atoms with E-state index in [2.05, 4.69) is 30.5 Å². The summed E-state index contributed by atoms with van der Waals surface area (Å²) in [6, 6.07) is 4.32. The van der Waals surface area contributed by atoms with Gasteiger partial charge in [0.2, 0.25) is 0 Å². The molecule has 1 aromatic carbocycles. The summed E-state index contributed by atoms with van der Waals surface area (Å²) in [6.45, 7) is 5.20. The summed E-state index contributed by atoms with van der Waals surface area (Å²) in [7, 11) is 0. The topological polar surface area (TPSA) is 38.1 Å². The maximum atomic E-state index is 9.08. The van der Waals surface area contributed by atoms with Crippen molar-refractivity contribution in [3.8, 4) is 0 Å². The zero-order valence-electron chi connectivity index (χ0n) is 12.4. The molecule has 3 nitrogen and oxygen atoms in total. The van der Waals surface area contributed by atoms with Crippen LogP contribution in [0, 0.1) is 19.8 Å². The van der Waals surface area contributed by atoms with Gasteiger partial charge in [-0.05, 0) is 49.9 Å². The first-order valence-corrected chi connectivity index (χ1v) is 8.13. The third-order valence-electron chi connectivity index (χ3n) is 4.36. The van der Waals surface area contributed by atoms with E-state index >= 15 is 0 Å². The van der Waals surface area contributed by atoms with Crippen LogP contribution in [0.5, 0.6) is 0 Å². The van der Waals surface area contributed by atoms with Gasteiger partial charge >= 0.3 is 0 Å². The molecule has 1 fully saturated rings. The smallest absolute Gasteiger partial charge is 0.123 e. The molecule has 1 unspecified atom stereocenters. The first kappa shape index (κ1) is 15.1. The summed E-state index contributed by atoms with van der Waals surface area (Å²) in [6.07, 6.45) is 2.33. The normalized spacial score (nSPS) is 20.1. The Kier molecular flexibility index (Phi) is 3.93. The maximum Gasteiger partial charge on any atom is 0.123 e. The molecule has 1 heterocycles. The van der Waals surface area contributed by atoms with Crippen LogP contribution in [0.2, 0.25) is 0 Å². The van der Waals surface area contributed by atoms with Crippen LogP contribution >= 0.6 is 23.2 Å². The van der Waals surface area contributed by atoms with Gasteiger partial charge in [-0.3, -0.25) is 0 Å². The number of alkyl halides is 2. The molecule has 3 rings (SSSR count). The Morgan fingerprint density at radius 3 is 2.62 bits per heavy atom. The van der Waals surface area contributed by atoms with E-state index in [0.717, 1.165) is 42.7 Å². The van der Waals surface area contributed by atoms with Gasteiger partial charge in [0.25, 0.3) is 0 Å². The Morgan fingerprint density at radius 2 is 2.00 bits per heavy atom. The number of benzene rings is 1. The second kappa shape index (κ2) is 5.45. The van der Waals surface area contributed by atoms with Crippen molar-refractivity contribution in [1.82, 2.24) is 9.55 Å². The van der Waals surface area contributed by atoms with E-state index in [0.29, 0.717) is 0 Å². The molecule has 1 aliphatic carbocycles. The SMILES string of the molecule is Cc1cc2nc(CCCO)n(CC3CC3(Cl)Cl)c2cc1C. The third kappa shape index (κ3) is 2.92. The van der Waals surface area contributed by atoms with E-state index in [1.807, 2.05) is 0 Å². The molecular weight excluding hydrogens is 307 g/mol. The molecule has 114 valence electrons. The summed E-state index contributed by atoms with van der Waals surface area (Å²) in [4.78, 5) is 4.75. The number of aromatic nitrogens is 2. The summed E-state index contributed by atoms with van der Waals surface area (Å²) in [5, 5.41) is 9.08. The highest BCUT2D eigenvalue weighted by Crippen LogP contribution is 2.54. The van der Waals surface area contributed by atoms with E-state index in [1.165, 1.54) is 11.1 Å². The zero-order valence-corrected chi connectivity index (χ0v) is 13.9. The number of hydrogen-bond acceptors (Lipinski definition) is 2. The van der Waals surface area contributed by atoms with Gasteiger partial charge in [-0.2, -0.15) is 0 Å². The largest absolute Gasteiger partial charge is 0.396 e. The molecule has 0 bridgehead atoms. The number of aryl methyl sites for hydroxylation is 3. The highest BCUT2D eigenvalue weighted by molar-refractivity contribution is 6.50. The first-order valence-electron chi connectivity index (χ1n) is 7.37. The second-order valence-corrected chi connectivity index (χ2v) is 7.60. The van der Waals surface area contributed by atoms with Crippen LogP contribution in [0.1, 0.15) is 29.8 Å². The lowest BCUT2D eigenvalue weighted by molar-refractivity contribution is 0.287. The van der Waals surface area contributed by atoms with Gasteiger partial charge in [-0.1, -0.05) is 0 Å². The molecular formula is C16H20Cl2N2O. The fourth-order valence-corrected chi connectivity index (χ4v) is 3.26. The molecule has 1 saturated carbocycles. The van der Waals surface area contributed by atoms with Gasteiger partial charge < -0.3 is 9.67 Å². The highest BCUT2D eigenvalue weighted by Gasteiger charge is 2.51. The number of nitrogens with zero attached hydrogens (tertiary/aromatic N) is 2. The van der Waals surface area contributed by atoms with Crippen LogP contribution in [0.25, 0.3) is 11.0 Å². The molecule has 21 heavy (non-hydrogen) atoms. The molecule has 2 aromatic rings. The molecule has 5 heteroatoms. The van der Waals surface area contributed by atoms with Crippen LogP contribution in [-0.4, -0.2) is 25.6 Å². The van der Waals surface area contributed by atoms with Crippen LogP contribution < -0.4 is 0 Å². The van der Waals surface area contributed by atoms with E-state index < -0.39 is 4.33 Å². The number of aliphatic hydroxyl groups is 1. The van der Waals surface area contributed by atoms with Crippen LogP contribution in [0.4, 0.5) is 0 Å². The number of fused-ring (bicyclic) bond motifs is 1. The molecule has 1 atom stereocenters. The van der Waals surface area contributed by atoms with Gasteiger partial charge in [-0.15, -0.1) is 23.2 Å². The molecule has 0 aliphatic heterocycles. The average Bonchev–Trinajstić information content (AvgIpc) is 2.89. The number of hydrogen-bond donors (Lipinski definition) is 1. The standard InChI is InChI=1S/C16H20Cl2N2O/c1-10-6-13-14(7-11(10)2)20(9-12-8-16(12,17)18)15(19-13)4-3-5-21/h6-7,12,21H,3-5,8-9H2,1-2H3. The lowest BCUT2D eigenvalue weighted by Gasteiger charge is -2.10. The van der Waals surface area contributed by atoms with Crippen LogP contribution in [-0.2, 0) is 13.0 Å². The monoisotopic (exact) mass is 326 g/mol. The molecule has 0 radical (unpaired) electrons. The molecule has 0 spiro atoms. The minimum Gasteiger partial charge on any atom is -0.396 e. The number of halogens is 2. The Balaban J connectivity index is 2.02. The minimum atomic E-state index is -0.579. The third-order valence-corrected chi connectivity index (χ3v) is 5.29. The fraction of sp³-hybridized carbons (Fsp3) is 0.562. The van der Waals surface area contributed by atoms with Gasteiger partial charge in [0.05, 0.1) is 11.0 Å². The molecule has 0 amide bonds. The fourth-order valence-electron chi connectivity index (χ4n) is 2.75. The van der Waals surface area contributed by atoms with Crippen molar-refractivity contribution in [2.45, 2.75) is 44.0 Å². The van der Waals surface area contributed by atoms with Gasteiger partial charge in [-0.25, -0.2) is 4.98 Å². The van der Waals surface area contributed by atoms with Crippen LogP contribution in [0.15, 0.2) is 12.1 Å². The number of aliphatic hydroxyl groups excluding tert-OH is 1. The maximum absolute atomic E-state index is 9.08. The number of rotatable bonds is 5. The summed E-state index contributed by atoms with van der Waals surface area (Å²) in [5.74, 6) is 1.30. The summed E-state index contributed by atoms with van der Waals surface area (Å²) < 4.78 is 1.65. The van der Waals surface area contributed by atoms with Crippen molar-refractivity contribution >= 4 is 34.2 Å². The van der Waals surface area contributed by atoms with Gasteiger partial charge in [0, 0.05) is 25.5 Å². The Hall–Kier alpha value is -0.770. The number of imidazole rings is 1. The van der Waals surface area contributed by atoms with E-state index in [4.69, 9.17) is 33.3 Å². The quantitative estimate of drug-likeness (QED) is 0.849. The predicted octanol–water partition coefficient (Wildman–Crippen LogP) is 3.77. The van der Waals surface area contributed by atoms with Crippen LogP contribution in [0.3, 0.4) is 0 Å². The van der Waals surface area contributed by atoms with Crippen molar-refractivity contribution in [2.24, 2.45) is 5.92 Å². The lowest BCUT2D eigenvalue weighted by atomic mass is 10.1. The molecule has 0 saturated heterocycles. The van der Waals surface area contributed by atoms with Crippen molar-refractivity contribution in [1.29, 1.82) is 0 Å². The average molecular weight is 327 g/mol.